The maximum atomic E-state index is 13.3. The first-order valence-electron chi connectivity index (χ1n) is 12.2. The third-order valence-corrected chi connectivity index (χ3v) is 8.13. The van der Waals surface area contributed by atoms with E-state index in [2.05, 4.69) is 10.0 Å². The number of nitro benzene ring substituents is 1. The molecule has 0 spiro atoms. The molecule has 1 fully saturated rings. The van der Waals surface area contributed by atoms with E-state index < -0.39 is 26.9 Å². The molecule has 11 nitrogen and oxygen atoms in total. The highest BCUT2D eigenvalue weighted by molar-refractivity contribution is 7.89. The van der Waals surface area contributed by atoms with Gasteiger partial charge >= 0.3 is 0 Å². The predicted molar refractivity (Wildman–Crippen MR) is 151 cm³/mol. The number of halogens is 1. The van der Waals surface area contributed by atoms with Gasteiger partial charge < -0.3 is 16.0 Å². The first kappa shape index (κ1) is 29.8. The van der Waals surface area contributed by atoms with Gasteiger partial charge in [0.2, 0.25) is 15.9 Å². The fourth-order valence-electron chi connectivity index (χ4n) is 4.59. The summed E-state index contributed by atoms with van der Waals surface area (Å²) in [6.07, 6.45) is 1.68. The number of carbonyl (C=O) groups is 1. The second-order valence-electron chi connectivity index (χ2n) is 9.40. The van der Waals surface area contributed by atoms with Gasteiger partial charge in [0.05, 0.1) is 9.82 Å². The lowest BCUT2D eigenvalue weighted by Crippen LogP contribution is -2.51. The Morgan fingerprint density at radius 3 is 2.49 bits per heavy atom. The maximum absolute atomic E-state index is 13.3. The van der Waals surface area contributed by atoms with Crippen LogP contribution in [-0.2, 0) is 21.2 Å². The van der Waals surface area contributed by atoms with Gasteiger partial charge in [0.25, 0.3) is 5.69 Å². The monoisotopic (exact) mass is 574 g/mol. The van der Waals surface area contributed by atoms with Crippen LogP contribution in [0.5, 0.6) is 0 Å². The Hall–Kier alpha value is -3.74. The van der Waals surface area contributed by atoms with Crippen molar-refractivity contribution in [2.45, 2.75) is 30.2 Å². The van der Waals surface area contributed by atoms with Crippen LogP contribution in [0, 0.1) is 21.4 Å². The zero-order valence-electron chi connectivity index (χ0n) is 21.1. The first-order valence-corrected chi connectivity index (χ1v) is 13.7. The van der Waals surface area contributed by atoms with E-state index in [4.69, 9.17) is 11.1 Å². The lowest BCUT2D eigenvalue weighted by molar-refractivity contribution is -0.384. The van der Waals surface area contributed by atoms with Gasteiger partial charge in [-0.3, -0.25) is 20.3 Å². The fraction of sp³-hybridized carbons (Fsp3) is 0.308. The number of guanidine groups is 1. The molecule has 1 aliphatic rings. The average Bonchev–Trinajstić information content (AvgIpc) is 2.91. The number of nitro groups is 1. The molecule has 0 bridgehead atoms. The lowest BCUT2D eigenvalue weighted by atomic mass is 9.98. The van der Waals surface area contributed by atoms with Crippen LogP contribution >= 0.6 is 12.4 Å². The molecule has 1 aliphatic heterocycles. The molecule has 3 aromatic carbocycles. The topological polar surface area (TPSA) is 172 Å². The van der Waals surface area contributed by atoms with Crippen molar-refractivity contribution in [3.8, 4) is 0 Å². The summed E-state index contributed by atoms with van der Waals surface area (Å²) in [7, 11) is -4.07. The molecular weight excluding hydrogens is 544 g/mol. The number of rotatable bonds is 9. The van der Waals surface area contributed by atoms with Gasteiger partial charge in [-0.1, -0.05) is 42.5 Å². The number of benzene rings is 3. The highest BCUT2D eigenvalue weighted by Gasteiger charge is 2.28. The molecule has 5 N–H and O–H groups in total. The van der Waals surface area contributed by atoms with Crippen LogP contribution in [0.25, 0.3) is 10.8 Å². The van der Waals surface area contributed by atoms with Crippen LogP contribution in [0.3, 0.4) is 0 Å². The van der Waals surface area contributed by atoms with Crippen molar-refractivity contribution in [1.29, 1.82) is 5.41 Å². The zero-order valence-corrected chi connectivity index (χ0v) is 22.7. The quantitative estimate of drug-likeness (QED) is 0.132. The smallest absolute Gasteiger partial charge is 0.269 e. The maximum Gasteiger partial charge on any atom is 0.269 e. The second-order valence-corrected chi connectivity index (χ2v) is 11.1. The van der Waals surface area contributed by atoms with Crippen molar-refractivity contribution in [3.63, 3.8) is 0 Å². The number of non-ortho nitro benzene ring substituents is 1. The fourth-order valence-corrected chi connectivity index (χ4v) is 5.82. The summed E-state index contributed by atoms with van der Waals surface area (Å²) in [6, 6.07) is 16.6. The van der Waals surface area contributed by atoms with Gasteiger partial charge in [0, 0.05) is 31.8 Å². The standard InChI is InChI=1S/C26H30N6O5S.ClH/c27-26(28)31-13-3-4-19(17-31)16-29-25(33)24(14-18-7-10-22(11-8-18)32(34)35)30-38(36,37)23-12-9-20-5-1-2-6-21(20)15-23;/h1-2,5-12,15,19,24,30H,3-4,13-14,16-17H2,(H3,27,28)(H,29,33);1H/t19?,24-;/m1./s1. The number of carbonyl (C=O) groups excluding carboxylic acids is 1. The Morgan fingerprint density at radius 2 is 1.82 bits per heavy atom. The van der Waals surface area contributed by atoms with E-state index in [1.54, 1.807) is 17.0 Å². The van der Waals surface area contributed by atoms with E-state index in [1.807, 2.05) is 24.3 Å². The van der Waals surface area contributed by atoms with Crippen LogP contribution < -0.4 is 15.8 Å². The number of hydrogen-bond donors (Lipinski definition) is 4. The van der Waals surface area contributed by atoms with Gasteiger partial charge in [0.15, 0.2) is 5.96 Å². The van der Waals surface area contributed by atoms with E-state index in [0.29, 0.717) is 25.2 Å². The molecule has 1 unspecified atom stereocenters. The largest absolute Gasteiger partial charge is 0.370 e. The molecule has 1 heterocycles. The van der Waals surface area contributed by atoms with Gasteiger partial charge in [-0.25, -0.2) is 8.42 Å². The number of piperidine rings is 1. The molecule has 13 heteroatoms. The Bertz CT molecular complexity index is 1450. The van der Waals surface area contributed by atoms with Gasteiger partial charge in [0.1, 0.15) is 6.04 Å². The number of fused-ring (bicyclic) bond motifs is 1. The van der Waals surface area contributed by atoms with Gasteiger partial charge in [-0.15, -0.1) is 12.4 Å². The van der Waals surface area contributed by atoms with E-state index >= 15 is 0 Å². The zero-order chi connectivity index (χ0) is 27.3. The van der Waals surface area contributed by atoms with Crippen molar-refractivity contribution in [2.24, 2.45) is 11.7 Å². The summed E-state index contributed by atoms with van der Waals surface area (Å²) in [4.78, 5) is 25.5. The van der Waals surface area contributed by atoms with E-state index in [9.17, 15) is 23.3 Å². The molecule has 0 aliphatic carbocycles. The molecule has 2 atom stereocenters. The number of nitrogens with two attached hydrogens (primary N) is 1. The van der Waals surface area contributed by atoms with Crippen LogP contribution in [-0.4, -0.2) is 55.8 Å². The van der Waals surface area contributed by atoms with Crippen molar-refractivity contribution in [2.75, 3.05) is 19.6 Å². The lowest BCUT2D eigenvalue weighted by Gasteiger charge is -2.33. The highest BCUT2D eigenvalue weighted by Crippen LogP contribution is 2.20. The molecular formula is C26H31ClN6O5S. The molecule has 0 saturated carbocycles. The minimum absolute atomic E-state index is 0. The van der Waals surface area contributed by atoms with Gasteiger partial charge in [-0.05, 0) is 53.6 Å². The number of nitrogens with one attached hydrogen (secondary N) is 3. The molecule has 1 amide bonds. The Kier molecular flexibility index (Phi) is 9.84. The van der Waals surface area contributed by atoms with Gasteiger partial charge in [-0.2, -0.15) is 4.72 Å². The van der Waals surface area contributed by atoms with Crippen LogP contribution in [0.15, 0.2) is 71.6 Å². The molecule has 208 valence electrons. The second kappa shape index (κ2) is 12.9. The number of hydrogen-bond acceptors (Lipinski definition) is 6. The molecule has 39 heavy (non-hydrogen) atoms. The summed E-state index contributed by atoms with van der Waals surface area (Å²) in [5.41, 5.74) is 6.08. The predicted octanol–water partition coefficient (Wildman–Crippen LogP) is 2.78. The molecule has 4 rings (SSSR count). The third-order valence-electron chi connectivity index (χ3n) is 6.66. The average molecular weight is 575 g/mol. The SMILES string of the molecule is Cl.N=C(N)N1CCCC(CNC(=O)[C@@H](Cc2ccc([N+](=O)[O-])cc2)NS(=O)(=O)c2ccc3ccccc3c2)C1. The Labute approximate surface area is 232 Å². The Balaban J connectivity index is 0.00000420. The Morgan fingerprint density at radius 1 is 1.13 bits per heavy atom. The first-order chi connectivity index (χ1) is 18.1. The number of sulfonamides is 1. The van der Waals surface area contributed by atoms with E-state index in [-0.39, 0.29) is 41.3 Å². The van der Waals surface area contributed by atoms with Crippen molar-refractivity contribution >= 4 is 50.8 Å². The summed E-state index contributed by atoms with van der Waals surface area (Å²) >= 11 is 0. The van der Waals surface area contributed by atoms with Crippen LogP contribution in [0.4, 0.5) is 5.69 Å². The molecule has 0 radical (unpaired) electrons. The molecule has 1 saturated heterocycles. The highest BCUT2D eigenvalue weighted by atomic mass is 35.5. The summed E-state index contributed by atoms with van der Waals surface area (Å²) in [6.45, 7) is 1.52. The van der Waals surface area contributed by atoms with Crippen molar-refractivity contribution < 1.29 is 18.1 Å². The van der Waals surface area contributed by atoms with E-state index in [1.165, 1.54) is 30.3 Å². The van der Waals surface area contributed by atoms with Crippen LogP contribution in [0.1, 0.15) is 18.4 Å². The number of amides is 1. The number of nitrogens with zero attached hydrogens (tertiary/aromatic N) is 2. The summed E-state index contributed by atoms with van der Waals surface area (Å²) in [5, 5.41) is 23.2. The summed E-state index contributed by atoms with van der Waals surface area (Å²) < 4.78 is 29.2. The minimum atomic E-state index is -4.07. The normalized spacial score (nSPS) is 16.2. The number of likely N-dealkylation sites (tertiary alicyclic amines) is 1. The summed E-state index contributed by atoms with van der Waals surface area (Å²) in [5.74, 6) is -0.457. The van der Waals surface area contributed by atoms with E-state index in [0.717, 1.165) is 23.6 Å². The van der Waals surface area contributed by atoms with Crippen molar-refractivity contribution in [1.82, 2.24) is 14.9 Å². The minimum Gasteiger partial charge on any atom is -0.370 e. The molecule has 3 aromatic rings. The third kappa shape index (κ3) is 7.65. The van der Waals surface area contributed by atoms with Crippen molar-refractivity contribution in [3.05, 3.63) is 82.4 Å². The van der Waals surface area contributed by atoms with Crippen LogP contribution in [0.2, 0.25) is 0 Å². The molecule has 0 aromatic heterocycles.